The van der Waals surface area contributed by atoms with E-state index in [9.17, 15) is 4.79 Å². The van der Waals surface area contributed by atoms with Gasteiger partial charge in [-0.3, -0.25) is 4.79 Å². The molecule has 1 N–H and O–H groups in total. The molecule has 0 amide bonds. The minimum atomic E-state index is -0.944. The average molecular weight is 397 g/mol. The Bertz CT molecular complexity index is 475. The van der Waals surface area contributed by atoms with E-state index < -0.39 is 5.97 Å². The predicted octanol–water partition coefficient (Wildman–Crippen LogP) is 6.37. The van der Waals surface area contributed by atoms with Crippen molar-refractivity contribution in [2.24, 2.45) is 0 Å². The number of tetrazole rings is 1. The van der Waals surface area contributed by atoms with Gasteiger partial charge in [0.25, 0.3) is 0 Å². The van der Waals surface area contributed by atoms with Crippen molar-refractivity contribution in [3.8, 4) is 0 Å². The molecule has 0 bridgehead atoms. The smallest absolute Gasteiger partial charge is 0.327 e. The molecule has 1 aromatic rings. The van der Waals surface area contributed by atoms with Crippen LogP contribution in [0.4, 0.5) is 0 Å². The summed E-state index contributed by atoms with van der Waals surface area (Å²) < 4.78 is 0. The molecule has 0 fully saturated rings. The highest BCUT2D eigenvalue weighted by atomic mass is 16.4. The fraction of sp³-hybridized carbons (Fsp3) is 0.909. The Morgan fingerprint density at radius 1 is 0.857 bits per heavy atom. The molecule has 6 nitrogen and oxygen atoms in total. The molecule has 0 aliphatic rings. The maximum absolute atomic E-state index is 10.6. The Labute approximate surface area is 172 Å². The molecule has 6 heteroatoms. The van der Waals surface area contributed by atoms with Crippen molar-refractivity contribution < 1.29 is 9.90 Å². The largest absolute Gasteiger partial charge is 0.480 e. The van der Waals surface area contributed by atoms with Crippen LogP contribution >= 0.6 is 0 Å². The molecular formula is C22H44N4O2. The highest BCUT2D eigenvalue weighted by Crippen LogP contribution is 2.22. The maximum Gasteiger partial charge on any atom is 0.327 e. The van der Waals surface area contributed by atoms with Crippen LogP contribution in [0.5, 0.6) is 0 Å². The third-order valence-corrected chi connectivity index (χ3v) is 4.97. The summed E-state index contributed by atoms with van der Waals surface area (Å²) in [5, 5.41) is 20.8. The fourth-order valence-electron chi connectivity index (χ4n) is 3.18. The summed E-state index contributed by atoms with van der Waals surface area (Å²) in [5.41, 5.74) is 0. The van der Waals surface area contributed by atoms with Crippen molar-refractivity contribution in [1.82, 2.24) is 20.2 Å². The lowest BCUT2D eigenvalue weighted by molar-refractivity contribution is -0.138. The minimum absolute atomic E-state index is 0.221. The summed E-state index contributed by atoms with van der Waals surface area (Å²) in [7, 11) is 0. The van der Waals surface area contributed by atoms with Crippen molar-refractivity contribution in [3.05, 3.63) is 5.82 Å². The lowest BCUT2D eigenvalue weighted by atomic mass is 9.97. The first-order chi connectivity index (χ1) is 13.6. The molecule has 0 aromatic carbocycles. The second-order valence-electron chi connectivity index (χ2n) is 7.65. The number of rotatable bonds is 16. The van der Waals surface area contributed by atoms with Crippen LogP contribution in [0, 0.1) is 0 Å². The van der Waals surface area contributed by atoms with Crippen LogP contribution in [0.25, 0.3) is 0 Å². The van der Waals surface area contributed by atoms with E-state index in [0.29, 0.717) is 11.7 Å². The highest BCUT2D eigenvalue weighted by Gasteiger charge is 2.15. The van der Waals surface area contributed by atoms with Gasteiger partial charge in [0.15, 0.2) is 12.4 Å². The van der Waals surface area contributed by atoms with E-state index in [1.807, 2.05) is 0 Å². The first kappa shape index (κ1) is 26.5. The van der Waals surface area contributed by atoms with Gasteiger partial charge in [-0.05, 0) is 18.1 Å². The Hall–Kier alpha value is -1.46. The number of carbonyl (C=O) groups is 1. The zero-order chi connectivity index (χ0) is 21.0. The third kappa shape index (κ3) is 14.6. The second-order valence-corrected chi connectivity index (χ2v) is 7.65. The molecule has 1 rings (SSSR count). The van der Waals surface area contributed by atoms with Crippen molar-refractivity contribution in [3.63, 3.8) is 0 Å². The van der Waals surface area contributed by atoms with Crippen molar-refractivity contribution in [2.45, 2.75) is 130 Å². The van der Waals surface area contributed by atoms with Crippen LogP contribution in [-0.4, -0.2) is 31.3 Å². The Morgan fingerprint density at radius 3 is 1.86 bits per heavy atom. The van der Waals surface area contributed by atoms with Crippen molar-refractivity contribution >= 4 is 5.97 Å². The number of aromatic nitrogens is 4. The number of carboxylic acids is 1. The van der Waals surface area contributed by atoms with Gasteiger partial charge in [0.05, 0.1) is 0 Å². The minimum Gasteiger partial charge on any atom is -0.480 e. The zero-order valence-corrected chi connectivity index (χ0v) is 18.8. The molecule has 1 atom stereocenters. The van der Waals surface area contributed by atoms with Crippen LogP contribution in [0.1, 0.15) is 129 Å². The van der Waals surface area contributed by atoms with E-state index in [0.717, 1.165) is 17.6 Å². The topological polar surface area (TPSA) is 80.9 Å². The summed E-state index contributed by atoms with van der Waals surface area (Å²) in [6, 6.07) is 0. The van der Waals surface area contributed by atoms with E-state index >= 15 is 0 Å². The van der Waals surface area contributed by atoms with Gasteiger partial charge in [-0.1, -0.05) is 105 Å². The summed E-state index contributed by atoms with van der Waals surface area (Å²) in [4.78, 5) is 11.8. The molecule has 0 aliphatic carbocycles. The van der Waals surface area contributed by atoms with E-state index in [1.54, 1.807) is 0 Å². The van der Waals surface area contributed by atoms with E-state index in [2.05, 4.69) is 43.1 Å². The molecule has 1 heterocycles. The summed E-state index contributed by atoms with van der Waals surface area (Å²) in [6.45, 7) is 8.57. The average Bonchev–Trinajstić information content (AvgIpc) is 3.12. The van der Waals surface area contributed by atoms with Crippen LogP contribution in [-0.2, 0) is 11.3 Å². The lowest BCUT2D eigenvalue weighted by Crippen LogP contribution is -2.12. The van der Waals surface area contributed by atoms with Gasteiger partial charge < -0.3 is 5.11 Å². The number of unbranched alkanes of at least 4 members (excludes halogenated alkanes) is 10. The zero-order valence-electron chi connectivity index (χ0n) is 18.8. The summed E-state index contributed by atoms with van der Waals surface area (Å²) in [6.07, 6.45) is 18.0. The van der Waals surface area contributed by atoms with Gasteiger partial charge in [0.1, 0.15) is 0 Å². The Morgan fingerprint density at radius 2 is 1.39 bits per heavy atom. The van der Waals surface area contributed by atoms with Gasteiger partial charge in [0.2, 0.25) is 0 Å². The number of hydrogen-bond acceptors (Lipinski definition) is 4. The number of nitrogens with zero attached hydrogens (tertiary/aromatic N) is 4. The molecule has 0 saturated carbocycles. The Balaban J connectivity index is 0.00000129. The molecule has 164 valence electrons. The summed E-state index contributed by atoms with van der Waals surface area (Å²) >= 11 is 0. The van der Waals surface area contributed by atoms with Crippen LogP contribution < -0.4 is 0 Å². The van der Waals surface area contributed by atoms with Crippen LogP contribution in [0.15, 0.2) is 0 Å². The van der Waals surface area contributed by atoms with Crippen molar-refractivity contribution in [2.75, 3.05) is 0 Å². The standard InChI is InChI=1S/C17H32N4O2.C5H12/c1-3-5-6-7-8-9-10-11-12-13-15(4-2)17-18-20-21(19-17)14-16(22)23;1-3-5-4-2/h15H,3-14H2,1-2H3,(H,22,23);3-5H2,1-2H3. The normalized spacial score (nSPS) is 11.7. The number of carboxylic acid groups (broad SMARTS) is 1. The number of hydrogen-bond donors (Lipinski definition) is 1. The van der Waals surface area contributed by atoms with Gasteiger partial charge >= 0.3 is 5.97 Å². The van der Waals surface area contributed by atoms with E-state index in [1.165, 1.54) is 77.0 Å². The van der Waals surface area contributed by atoms with Gasteiger partial charge in [-0.25, -0.2) is 0 Å². The molecule has 0 saturated heterocycles. The van der Waals surface area contributed by atoms with Crippen LogP contribution in [0.3, 0.4) is 0 Å². The molecule has 0 spiro atoms. The molecule has 1 unspecified atom stereocenters. The second kappa shape index (κ2) is 18.9. The monoisotopic (exact) mass is 396 g/mol. The predicted molar refractivity (Wildman–Crippen MR) is 116 cm³/mol. The first-order valence-electron chi connectivity index (χ1n) is 11.6. The van der Waals surface area contributed by atoms with E-state index in [-0.39, 0.29) is 6.54 Å². The van der Waals surface area contributed by atoms with Crippen LogP contribution in [0.2, 0.25) is 0 Å². The lowest BCUT2D eigenvalue weighted by Gasteiger charge is -2.10. The maximum atomic E-state index is 10.6. The Kier molecular flexibility index (Phi) is 17.9. The molecular weight excluding hydrogens is 352 g/mol. The quantitative estimate of drug-likeness (QED) is 0.328. The highest BCUT2D eigenvalue weighted by molar-refractivity contribution is 5.66. The van der Waals surface area contributed by atoms with E-state index in [4.69, 9.17) is 5.11 Å². The molecule has 0 radical (unpaired) electrons. The fourth-order valence-corrected chi connectivity index (χ4v) is 3.18. The van der Waals surface area contributed by atoms with Gasteiger partial charge in [0, 0.05) is 5.92 Å². The van der Waals surface area contributed by atoms with Gasteiger partial charge in [-0.15, -0.1) is 10.2 Å². The number of aliphatic carboxylic acids is 1. The molecule has 1 aromatic heterocycles. The third-order valence-electron chi connectivity index (χ3n) is 4.97. The first-order valence-corrected chi connectivity index (χ1v) is 11.6. The molecule has 28 heavy (non-hydrogen) atoms. The van der Waals surface area contributed by atoms with Crippen molar-refractivity contribution in [1.29, 1.82) is 0 Å². The van der Waals surface area contributed by atoms with Gasteiger partial charge in [-0.2, -0.15) is 4.80 Å². The molecule has 0 aliphatic heterocycles. The summed E-state index contributed by atoms with van der Waals surface area (Å²) in [5.74, 6) is 0.0383. The SMILES string of the molecule is CCCCC.CCCCCCCCCCCC(CC)c1nnn(CC(=O)O)n1.